The average molecular weight is 363 g/mol. The summed E-state index contributed by atoms with van der Waals surface area (Å²) in [5.74, 6) is 2.79. The Hall–Kier alpha value is -3.03. The highest BCUT2D eigenvalue weighted by Crippen LogP contribution is 2.34. The first-order valence-electron chi connectivity index (χ1n) is 9.20. The summed E-state index contributed by atoms with van der Waals surface area (Å²) in [7, 11) is 1.79. The van der Waals surface area contributed by atoms with Crippen LogP contribution in [0.4, 0.5) is 11.8 Å². The monoisotopic (exact) mass is 363 g/mol. The van der Waals surface area contributed by atoms with Gasteiger partial charge in [0.25, 0.3) is 5.56 Å². The minimum atomic E-state index is -0.0433. The van der Waals surface area contributed by atoms with Crippen LogP contribution in [0.15, 0.2) is 35.5 Å². The van der Waals surface area contributed by atoms with E-state index in [0.717, 1.165) is 37.7 Å². The van der Waals surface area contributed by atoms with Crippen LogP contribution in [0.5, 0.6) is 0 Å². The van der Waals surface area contributed by atoms with Crippen molar-refractivity contribution in [3.05, 3.63) is 46.8 Å². The van der Waals surface area contributed by atoms with E-state index >= 15 is 0 Å². The Bertz CT molecular complexity index is 1070. The molecule has 8 nitrogen and oxygen atoms in total. The third kappa shape index (κ3) is 2.63. The van der Waals surface area contributed by atoms with Crippen molar-refractivity contribution in [2.45, 2.75) is 6.92 Å². The molecular weight excluding hydrogens is 342 g/mol. The number of fused-ring (bicyclic) bond motifs is 2. The van der Waals surface area contributed by atoms with Crippen LogP contribution in [0.1, 0.15) is 5.69 Å². The van der Waals surface area contributed by atoms with Crippen molar-refractivity contribution in [1.82, 2.24) is 24.5 Å². The van der Waals surface area contributed by atoms with Crippen molar-refractivity contribution in [3.63, 3.8) is 0 Å². The van der Waals surface area contributed by atoms with Crippen molar-refractivity contribution in [3.8, 4) is 0 Å². The zero-order chi connectivity index (χ0) is 18.5. The molecule has 8 heteroatoms. The maximum atomic E-state index is 12.7. The molecule has 2 unspecified atom stereocenters. The van der Waals surface area contributed by atoms with Crippen LogP contribution in [-0.4, -0.2) is 50.7 Å². The molecule has 0 spiro atoms. The predicted molar refractivity (Wildman–Crippen MR) is 103 cm³/mol. The van der Waals surface area contributed by atoms with Crippen LogP contribution in [0.25, 0.3) is 11.0 Å². The van der Waals surface area contributed by atoms with Gasteiger partial charge in [0.05, 0.1) is 5.39 Å². The van der Waals surface area contributed by atoms with Gasteiger partial charge in [-0.2, -0.15) is 4.98 Å². The molecule has 3 aromatic heterocycles. The minimum absolute atomic E-state index is 0.0433. The second-order valence-corrected chi connectivity index (χ2v) is 7.50. The summed E-state index contributed by atoms with van der Waals surface area (Å²) in [6.45, 7) is 5.71. The summed E-state index contributed by atoms with van der Waals surface area (Å²) in [6.07, 6.45) is 3.31. The Morgan fingerprint density at radius 1 is 1.04 bits per heavy atom. The van der Waals surface area contributed by atoms with Gasteiger partial charge >= 0.3 is 0 Å². The Morgan fingerprint density at radius 3 is 2.52 bits per heavy atom. The predicted octanol–water partition coefficient (Wildman–Crippen LogP) is 1.000. The minimum Gasteiger partial charge on any atom is -0.356 e. The third-order valence-corrected chi connectivity index (χ3v) is 5.71. The number of pyridine rings is 1. The topological polar surface area (TPSA) is 80.0 Å². The van der Waals surface area contributed by atoms with Gasteiger partial charge in [0.15, 0.2) is 5.65 Å². The summed E-state index contributed by atoms with van der Waals surface area (Å²) < 4.78 is 1.65. The maximum Gasteiger partial charge on any atom is 0.264 e. The zero-order valence-electron chi connectivity index (χ0n) is 15.4. The normalized spacial score (nSPS) is 21.9. The van der Waals surface area contributed by atoms with Crippen LogP contribution in [-0.2, 0) is 7.05 Å². The fourth-order valence-electron chi connectivity index (χ4n) is 4.33. The average Bonchev–Trinajstić information content (AvgIpc) is 3.24. The highest BCUT2D eigenvalue weighted by molar-refractivity contribution is 5.74. The molecule has 5 heterocycles. The highest BCUT2D eigenvalue weighted by Gasteiger charge is 2.41. The number of hydrogen-bond donors (Lipinski definition) is 0. The van der Waals surface area contributed by atoms with Crippen LogP contribution in [0.3, 0.4) is 0 Å². The van der Waals surface area contributed by atoms with E-state index in [0.29, 0.717) is 28.8 Å². The van der Waals surface area contributed by atoms with Crippen LogP contribution in [0.2, 0.25) is 0 Å². The zero-order valence-corrected chi connectivity index (χ0v) is 15.4. The van der Waals surface area contributed by atoms with Gasteiger partial charge in [-0.25, -0.2) is 15.0 Å². The number of anilines is 2. The Kier molecular flexibility index (Phi) is 3.60. The molecule has 27 heavy (non-hydrogen) atoms. The molecule has 0 bridgehead atoms. The molecule has 2 aliphatic heterocycles. The number of aromatic nitrogens is 5. The molecule has 0 radical (unpaired) electrons. The summed E-state index contributed by atoms with van der Waals surface area (Å²) in [5, 5.41) is 0.563. The van der Waals surface area contributed by atoms with Gasteiger partial charge in [-0.05, 0) is 19.1 Å². The molecule has 0 aliphatic carbocycles. The van der Waals surface area contributed by atoms with Gasteiger partial charge in [-0.15, -0.1) is 0 Å². The number of rotatable bonds is 2. The molecule has 2 atom stereocenters. The molecule has 2 aliphatic rings. The second-order valence-electron chi connectivity index (χ2n) is 7.50. The number of hydrogen-bond acceptors (Lipinski definition) is 7. The van der Waals surface area contributed by atoms with E-state index < -0.39 is 0 Å². The van der Waals surface area contributed by atoms with Crippen LogP contribution >= 0.6 is 0 Å². The molecule has 0 aromatic carbocycles. The van der Waals surface area contributed by atoms with E-state index in [1.165, 1.54) is 0 Å². The van der Waals surface area contributed by atoms with E-state index in [2.05, 4.69) is 29.7 Å². The van der Waals surface area contributed by atoms with Crippen LogP contribution in [0, 0.1) is 18.8 Å². The lowest BCUT2D eigenvalue weighted by Crippen LogP contribution is -2.33. The van der Waals surface area contributed by atoms with E-state index in [1.54, 1.807) is 36.3 Å². The third-order valence-electron chi connectivity index (χ3n) is 5.71. The molecular formula is C19H21N7O. The number of nitrogens with zero attached hydrogens (tertiary/aromatic N) is 7. The summed E-state index contributed by atoms with van der Waals surface area (Å²) in [4.78, 5) is 34.8. The first-order valence-corrected chi connectivity index (χ1v) is 9.20. The van der Waals surface area contributed by atoms with E-state index in [4.69, 9.17) is 0 Å². The lowest BCUT2D eigenvalue weighted by Gasteiger charge is -2.24. The van der Waals surface area contributed by atoms with Crippen molar-refractivity contribution in [2.75, 3.05) is 36.0 Å². The summed E-state index contributed by atoms with van der Waals surface area (Å²) >= 11 is 0. The maximum absolute atomic E-state index is 12.7. The number of aryl methyl sites for hydroxylation is 1. The van der Waals surface area contributed by atoms with Gasteiger partial charge in [0.2, 0.25) is 5.95 Å². The smallest absolute Gasteiger partial charge is 0.264 e. The fraction of sp³-hybridized carbons (Fsp3) is 0.421. The van der Waals surface area contributed by atoms with Crippen molar-refractivity contribution in [2.24, 2.45) is 18.9 Å². The second kappa shape index (κ2) is 6.00. The first-order chi connectivity index (χ1) is 13.1. The Labute approximate surface area is 156 Å². The standard InChI is InChI=1S/C19H21N7O/c1-12-6-16(22-11-21-12)25-7-13-9-26(10-14(13)8-25)19-23-17-15(4-3-5-20-17)18(27)24(19)2/h3-6,11,13-14H,7-10H2,1-2H3. The lowest BCUT2D eigenvalue weighted by atomic mass is 10.0. The lowest BCUT2D eigenvalue weighted by molar-refractivity contribution is 0.533. The molecule has 138 valence electrons. The molecule has 0 saturated carbocycles. The van der Waals surface area contributed by atoms with Crippen molar-refractivity contribution < 1.29 is 0 Å². The van der Waals surface area contributed by atoms with Crippen LogP contribution < -0.4 is 15.4 Å². The van der Waals surface area contributed by atoms with Gasteiger partial charge in [-0.1, -0.05) is 0 Å². The van der Waals surface area contributed by atoms with Gasteiger partial charge in [0, 0.05) is 63.0 Å². The summed E-state index contributed by atoms with van der Waals surface area (Å²) in [5.41, 5.74) is 1.46. The molecule has 0 amide bonds. The molecule has 3 aromatic rings. The van der Waals surface area contributed by atoms with E-state index in [-0.39, 0.29) is 5.56 Å². The van der Waals surface area contributed by atoms with E-state index in [9.17, 15) is 4.79 Å². The molecule has 0 N–H and O–H groups in total. The van der Waals surface area contributed by atoms with Crippen molar-refractivity contribution >= 4 is 22.8 Å². The quantitative estimate of drug-likeness (QED) is 0.672. The SMILES string of the molecule is Cc1cc(N2CC3CN(c4nc5ncccc5c(=O)n4C)CC3C2)ncn1. The summed E-state index contributed by atoms with van der Waals surface area (Å²) in [6, 6.07) is 5.59. The highest BCUT2D eigenvalue weighted by atomic mass is 16.1. The fourth-order valence-corrected chi connectivity index (χ4v) is 4.33. The van der Waals surface area contributed by atoms with Gasteiger partial charge in [-0.3, -0.25) is 9.36 Å². The molecule has 5 rings (SSSR count). The Balaban J connectivity index is 1.40. The van der Waals surface area contributed by atoms with Gasteiger partial charge in [0.1, 0.15) is 12.1 Å². The van der Waals surface area contributed by atoms with E-state index in [1.807, 2.05) is 13.0 Å². The van der Waals surface area contributed by atoms with Crippen molar-refractivity contribution in [1.29, 1.82) is 0 Å². The largest absolute Gasteiger partial charge is 0.356 e. The Morgan fingerprint density at radius 2 is 1.78 bits per heavy atom. The molecule has 2 fully saturated rings. The first kappa shape index (κ1) is 16.2. The molecule has 2 saturated heterocycles. The van der Waals surface area contributed by atoms with Gasteiger partial charge < -0.3 is 9.80 Å².